The van der Waals surface area contributed by atoms with E-state index in [4.69, 9.17) is 24.4 Å². The largest absolute Gasteiger partial charge is 0.493 e. The highest BCUT2D eigenvalue weighted by Crippen LogP contribution is 2.40. The zero-order valence-corrected chi connectivity index (χ0v) is 24.3. The average Bonchev–Trinajstić information content (AvgIpc) is 3.39. The maximum atomic E-state index is 13.0. The Balaban J connectivity index is 1.34. The Morgan fingerprint density at radius 2 is 1.66 bits per heavy atom. The van der Waals surface area contributed by atoms with E-state index < -0.39 is 5.91 Å². The number of methoxy groups -OCH3 is 2. The van der Waals surface area contributed by atoms with Crippen molar-refractivity contribution in [3.05, 3.63) is 88.0 Å². The molecule has 0 radical (unpaired) electrons. The number of fused-ring (bicyclic) bond motifs is 1. The monoisotopic (exact) mass is 570 g/mol. The number of carbonyl (C=O) groups is 1. The van der Waals surface area contributed by atoms with E-state index in [0.29, 0.717) is 39.6 Å². The number of carbonyl (C=O) groups excluding carboxylic acids is 1. The summed E-state index contributed by atoms with van der Waals surface area (Å²) in [5, 5.41) is 15.7. The van der Waals surface area contributed by atoms with Gasteiger partial charge in [0.2, 0.25) is 10.9 Å². The molecule has 2 aliphatic rings. The normalized spacial score (nSPS) is 15.4. The fourth-order valence-corrected chi connectivity index (χ4v) is 5.17. The van der Waals surface area contributed by atoms with E-state index >= 15 is 0 Å². The summed E-state index contributed by atoms with van der Waals surface area (Å²) in [6, 6.07) is 17.3. The lowest BCUT2D eigenvalue weighted by Crippen LogP contribution is -2.35. The summed E-state index contributed by atoms with van der Waals surface area (Å²) >= 11 is 1.27. The van der Waals surface area contributed by atoms with Crippen LogP contribution in [0.15, 0.2) is 70.3 Å². The number of hydrogen-bond acceptors (Lipinski definition) is 8. The van der Waals surface area contributed by atoms with Gasteiger partial charge in [0.25, 0.3) is 5.91 Å². The maximum absolute atomic E-state index is 13.0. The quantitative estimate of drug-likeness (QED) is 0.258. The van der Waals surface area contributed by atoms with Crippen LogP contribution in [0.3, 0.4) is 0 Å². The van der Waals surface area contributed by atoms with Gasteiger partial charge in [-0.3, -0.25) is 10.2 Å². The Morgan fingerprint density at radius 1 is 0.927 bits per heavy atom. The molecule has 3 aromatic rings. The second-order valence-electron chi connectivity index (χ2n) is 9.49. The molecule has 0 saturated heterocycles. The van der Waals surface area contributed by atoms with Gasteiger partial charge in [0.1, 0.15) is 24.0 Å². The van der Waals surface area contributed by atoms with Crippen molar-refractivity contribution in [3.8, 4) is 23.0 Å². The van der Waals surface area contributed by atoms with E-state index in [0.717, 1.165) is 22.4 Å². The molecule has 0 saturated carbocycles. The first-order valence-corrected chi connectivity index (χ1v) is 13.7. The number of nitrogens with one attached hydrogen (secondary N) is 1. The van der Waals surface area contributed by atoms with Crippen LogP contribution in [0.5, 0.6) is 23.0 Å². The first-order valence-electron chi connectivity index (χ1n) is 12.9. The van der Waals surface area contributed by atoms with Crippen LogP contribution < -0.4 is 18.9 Å². The van der Waals surface area contributed by atoms with Gasteiger partial charge in [-0.2, -0.15) is 15.1 Å². The minimum absolute atomic E-state index is 0.0584. The van der Waals surface area contributed by atoms with Crippen LogP contribution in [0.4, 0.5) is 0 Å². The van der Waals surface area contributed by atoms with Crippen LogP contribution in [-0.2, 0) is 4.79 Å². The second-order valence-corrected chi connectivity index (χ2v) is 10.4. The molecular formula is C31H30N4O5S. The number of thioether (sulfide) groups is 1. The van der Waals surface area contributed by atoms with Gasteiger partial charge in [0, 0.05) is 5.56 Å². The summed E-state index contributed by atoms with van der Waals surface area (Å²) in [4.78, 5) is 17.2. The summed E-state index contributed by atoms with van der Waals surface area (Å²) < 4.78 is 23.0. The highest BCUT2D eigenvalue weighted by atomic mass is 32.2. The molecule has 2 heterocycles. The van der Waals surface area contributed by atoms with Crippen molar-refractivity contribution >= 4 is 39.8 Å². The molecule has 0 spiro atoms. The van der Waals surface area contributed by atoms with E-state index in [2.05, 4.69) is 17.0 Å². The van der Waals surface area contributed by atoms with E-state index in [-0.39, 0.29) is 18.0 Å². The minimum atomic E-state index is -0.517. The fourth-order valence-electron chi connectivity index (χ4n) is 4.29. The fraction of sp³-hybridized carbons (Fsp3) is 0.226. The Bertz CT molecular complexity index is 1600. The number of amides is 1. The highest BCUT2D eigenvalue weighted by molar-refractivity contribution is 8.27. The second kappa shape index (κ2) is 11.9. The van der Waals surface area contributed by atoms with Crippen molar-refractivity contribution < 1.29 is 23.7 Å². The van der Waals surface area contributed by atoms with Crippen molar-refractivity contribution in [3.63, 3.8) is 0 Å². The Morgan fingerprint density at radius 3 is 2.34 bits per heavy atom. The van der Waals surface area contributed by atoms with E-state index in [1.807, 2.05) is 56.3 Å². The molecule has 0 unspecified atom stereocenters. The number of rotatable bonds is 9. The third-order valence-electron chi connectivity index (χ3n) is 6.59. The van der Waals surface area contributed by atoms with Crippen molar-refractivity contribution in [1.29, 1.82) is 5.41 Å². The number of aliphatic imine (C=N–C) groups is 1. The van der Waals surface area contributed by atoms with Gasteiger partial charge in [-0.25, -0.2) is 0 Å². The molecule has 10 heteroatoms. The lowest BCUT2D eigenvalue weighted by Gasteiger charge is -2.20. The molecule has 3 aromatic carbocycles. The molecule has 1 amide bonds. The standard InChI is InChI=1S/C31H30N4O5S/c1-18-7-6-8-22(13-18)30-34-35-28(32)24(29(36)33-31(35)41-30)15-21-16-25(37-4)27(26(17-21)38-5)40-12-11-39-23-10-9-19(2)20(3)14-23/h6-10,13-17,32H,11-12H2,1-5H3/b24-15-,32-28?. The van der Waals surface area contributed by atoms with Crippen LogP contribution >= 0.6 is 11.8 Å². The Labute approximate surface area is 243 Å². The maximum Gasteiger partial charge on any atom is 0.283 e. The zero-order chi connectivity index (χ0) is 29.1. The Hall–Kier alpha value is -4.57. The van der Waals surface area contributed by atoms with Crippen molar-refractivity contribution in [2.75, 3.05) is 27.4 Å². The van der Waals surface area contributed by atoms with Gasteiger partial charge in [-0.15, -0.1) is 0 Å². The van der Waals surface area contributed by atoms with Gasteiger partial charge in [-0.05, 0) is 85.6 Å². The topological polar surface area (TPSA) is 106 Å². The predicted octanol–water partition coefficient (Wildman–Crippen LogP) is 5.75. The third kappa shape index (κ3) is 5.97. The van der Waals surface area contributed by atoms with Crippen molar-refractivity contribution in [1.82, 2.24) is 5.01 Å². The van der Waals surface area contributed by atoms with E-state index in [1.165, 1.54) is 36.6 Å². The summed E-state index contributed by atoms with van der Waals surface area (Å²) in [5.41, 5.74) is 5.04. The summed E-state index contributed by atoms with van der Waals surface area (Å²) in [5.74, 6) is 1.44. The van der Waals surface area contributed by atoms with E-state index in [9.17, 15) is 4.79 Å². The molecular weight excluding hydrogens is 540 g/mol. The van der Waals surface area contributed by atoms with Crippen LogP contribution in [0, 0.1) is 26.2 Å². The lowest BCUT2D eigenvalue weighted by atomic mass is 10.1. The summed E-state index contributed by atoms with van der Waals surface area (Å²) in [7, 11) is 3.05. The molecule has 210 valence electrons. The number of hydrogen-bond donors (Lipinski definition) is 1. The molecule has 1 N–H and O–H groups in total. The average molecular weight is 571 g/mol. The molecule has 0 fully saturated rings. The van der Waals surface area contributed by atoms with Crippen LogP contribution in [-0.4, -0.2) is 54.4 Å². The molecule has 41 heavy (non-hydrogen) atoms. The van der Waals surface area contributed by atoms with Gasteiger partial charge in [0.05, 0.1) is 19.8 Å². The molecule has 5 rings (SSSR count). The first kappa shape index (κ1) is 28.0. The minimum Gasteiger partial charge on any atom is -0.493 e. The summed E-state index contributed by atoms with van der Waals surface area (Å²) in [6.45, 7) is 6.68. The molecule has 0 bridgehead atoms. The SMILES string of the molecule is COc1cc(/C=C2/C(=N)N3N=C(c4cccc(C)c4)SC3=NC2=O)cc(OC)c1OCCOc1ccc(C)c(C)c1. The third-order valence-corrected chi connectivity index (χ3v) is 7.55. The van der Waals surface area contributed by atoms with Crippen LogP contribution in [0.25, 0.3) is 6.08 Å². The number of hydrazone groups is 1. The molecule has 0 aromatic heterocycles. The van der Waals surface area contributed by atoms with Gasteiger partial charge in [-0.1, -0.05) is 29.8 Å². The first-order chi connectivity index (χ1) is 19.8. The van der Waals surface area contributed by atoms with Crippen LogP contribution in [0.2, 0.25) is 0 Å². The number of amidine groups is 2. The van der Waals surface area contributed by atoms with Gasteiger partial charge in [0.15, 0.2) is 17.3 Å². The smallest absolute Gasteiger partial charge is 0.283 e. The van der Waals surface area contributed by atoms with E-state index in [1.54, 1.807) is 18.2 Å². The number of aryl methyl sites for hydroxylation is 3. The number of nitrogens with zero attached hydrogens (tertiary/aromatic N) is 3. The number of ether oxygens (including phenoxy) is 4. The van der Waals surface area contributed by atoms with Crippen molar-refractivity contribution in [2.24, 2.45) is 10.1 Å². The zero-order valence-electron chi connectivity index (χ0n) is 23.5. The predicted molar refractivity (Wildman–Crippen MR) is 162 cm³/mol. The van der Waals surface area contributed by atoms with Gasteiger partial charge >= 0.3 is 0 Å². The van der Waals surface area contributed by atoms with Crippen LogP contribution in [0.1, 0.15) is 27.8 Å². The van der Waals surface area contributed by atoms with Crippen molar-refractivity contribution in [2.45, 2.75) is 20.8 Å². The summed E-state index contributed by atoms with van der Waals surface area (Å²) in [6.07, 6.45) is 1.58. The van der Waals surface area contributed by atoms with Gasteiger partial charge < -0.3 is 18.9 Å². The number of benzene rings is 3. The Kier molecular flexibility index (Phi) is 8.11. The molecule has 2 aliphatic heterocycles. The molecule has 0 atom stereocenters. The molecule has 0 aliphatic carbocycles. The molecule has 9 nitrogen and oxygen atoms in total. The highest BCUT2D eigenvalue weighted by Gasteiger charge is 2.36. The lowest BCUT2D eigenvalue weighted by molar-refractivity contribution is -0.114.